The molecule has 7 heteroatoms. The summed E-state index contributed by atoms with van der Waals surface area (Å²) >= 11 is 0. The summed E-state index contributed by atoms with van der Waals surface area (Å²) in [4.78, 5) is 23.6. The summed E-state index contributed by atoms with van der Waals surface area (Å²) in [6.07, 6.45) is 0. The number of anilines is 1. The largest absolute Gasteiger partial charge is 0.497 e. The van der Waals surface area contributed by atoms with Gasteiger partial charge in [-0.15, -0.1) is 0 Å². The quantitative estimate of drug-likeness (QED) is 0.659. The molecule has 0 saturated carbocycles. The maximum Gasteiger partial charge on any atom is 0.276 e. The SMILES string of the molecule is COc1ccc(NCC(=O)NNC(=O)COc2c(C)cccc2C)cc1. The Morgan fingerprint density at radius 2 is 1.54 bits per heavy atom. The summed E-state index contributed by atoms with van der Waals surface area (Å²) in [5, 5.41) is 2.94. The topological polar surface area (TPSA) is 88.7 Å². The molecule has 138 valence electrons. The van der Waals surface area contributed by atoms with Crippen LogP contribution in [0.3, 0.4) is 0 Å². The number of benzene rings is 2. The fraction of sp³-hybridized carbons (Fsp3) is 0.263. The molecule has 0 spiro atoms. The second-order valence-corrected chi connectivity index (χ2v) is 5.69. The monoisotopic (exact) mass is 357 g/mol. The first-order chi connectivity index (χ1) is 12.5. The molecule has 2 aromatic carbocycles. The van der Waals surface area contributed by atoms with Gasteiger partial charge in [0.05, 0.1) is 13.7 Å². The lowest BCUT2D eigenvalue weighted by Gasteiger charge is -2.12. The first kappa shape index (κ1) is 19.1. The summed E-state index contributed by atoms with van der Waals surface area (Å²) < 4.78 is 10.6. The van der Waals surface area contributed by atoms with E-state index in [1.54, 1.807) is 31.4 Å². The Balaban J connectivity index is 1.70. The molecule has 0 radical (unpaired) electrons. The predicted molar refractivity (Wildman–Crippen MR) is 99.2 cm³/mol. The number of hydrazine groups is 1. The number of para-hydroxylation sites is 1. The molecule has 0 aliphatic carbocycles. The zero-order chi connectivity index (χ0) is 18.9. The zero-order valence-corrected chi connectivity index (χ0v) is 15.1. The average molecular weight is 357 g/mol. The van der Waals surface area contributed by atoms with Gasteiger partial charge in [-0.3, -0.25) is 20.4 Å². The first-order valence-corrected chi connectivity index (χ1v) is 8.14. The van der Waals surface area contributed by atoms with Crippen LogP contribution in [-0.2, 0) is 9.59 Å². The van der Waals surface area contributed by atoms with Gasteiger partial charge < -0.3 is 14.8 Å². The molecule has 26 heavy (non-hydrogen) atoms. The van der Waals surface area contributed by atoms with Crippen molar-refractivity contribution in [3.05, 3.63) is 53.6 Å². The van der Waals surface area contributed by atoms with Crippen molar-refractivity contribution in [3.63, 3.8) is 0 Å². The van der Waals surface area contributed by atoms with Crippen LogP contribution in [0.1, 0.15) is 11.1 Å². The number of carbonyl (C=O) groups excluding carboxylic acids is 2. The lowest BCUT2D eigenvalue weighted by molar-refractivity contribution is -0.129. The normalized spacial score (nSPS) is 9.96. The van der Waals surface area contributed by atoms with E-state index in [1.807, 2.05) is 32.0 Å². The Kier molecular flexibility index (Phi) is 6.84. The van der Waals surface area contributed by atoms with Crippen molar-refractivity contribution in [2.24, 2.45) is 0 Å². The minimum Gasteiger partial charge on any atom is -0.497 e. The molecule has 2 amide bonds. The van der Waals surface area contributed by atoms with Crippen LogP contribution >= 0.6 is 0 Å². The highest BCUT2D eigenvalue weighted by Gasteiger charge is 2.08. The lowest BCUT2D eigenvalue weighted by Crippen LogP contribution is -2.46. The first-order valence-electron chi connectivity index (χ1n) is 8.14. The minimum atomic E-state index is -0.439. The summed E-state index contributed by atoms with van der Waals surface area (Å²) in [6.45, 7) is 3.65. The molecule has 0 aromatic heterocycles. The van der Waals surface area contributed by atoms with Gasteiger partial charge in [0.25, 0.3) is 11.8 Å². The Hall–Kier alpha value is -3.22. The van der Waals surface area contributed by atoms with E-state index in [1.165, 1.54) is 0 Å². The van der Waals surface area contributed by atoms with Gasteiger partial charge in [0, 0.05) is 5.69 Å². The molecule has 0 atom stereocenters. The molecule has 2 aromatic rings. The average Bonchev–Trinajstić information content (AvgIpc) is 2.64. The predicted octanol–water partition coefficient (Wildman–Crippen LogP) is 1.95. The van der Waals surface area contributed by atoms with E-state index in [0.29, 0.717) is 5.75 Å². The van der Waals surface area contributed by atoms with Crippen molar-refractivity contribution in [1.29, 1.82) is 0 Å². The van der Waals surface area contributed by atoms with Crippen LogP contribution in [0.15, 0.2) is 42.5 Å². The van der Waals surface area contributed by atoms with Crippen LogP contribution in [0.5, 0.6) is 11.5 Å². The fourth-order valence-electron chi connectivity index (χ4n) is 2.28. The molecule has 0 heterocycles. The summed E-state index contributed by atoms with van der Waals surface area (Å²) in [6, 6.07) is 12.9. The fourth-order valence-corrected chi connectivity index (χ4v) is 2.28. The van der Waals surface area contributed by atoms with Gasteiger partial charge >= 0.3 is 0 Å². The minimum absolute atomic E-state index is 0.0182. The maximum absolute atomic E-state index is 11.8. The number of hydrogen-bond donors (Lipinski definition) is 3. The standard InChI is InChI=1S/C19H23N3O4/c1-13-5-4-6-14(2)19(13)26-12-18(24)22-21-17(23)11-20-15-7-9-16(25-3)10-8-15/h4-10,20H,11-12H2,1-3H3,(H,21,23)(H,22,24). The molecule has 2 rings (SSSR count). The molecule has 0 fully saturated rings. The van der Waals surface area contributed by atoms with E-state index in [2.05, 4.69) is 16.2 Å². The third-order valence-electron chi connectivity index (χ3n) is 3.64. The van der Waals surface area contributed by atoms with Crippen LogP contribution in [-0.4, -0.2) is 32.1 Å². The molecule has 7 nitrogen and oxygen atoms in total. The van der Waals surface area contributed by atoms with Crippen molar-refractivity contribution in [2.45, 2.75) is 13.8 Å². The van der Waals surface area contributed by atoms with E-state index >= 15 is 0 Å². The lowest BCUT2D eigenvalue weighted by atomic mass is 10.1. The molecule has 0 saturated heterocycles. The molecule has 3 N–H and O–H groups in total. The number of hydrogen-bond acceptors (Lipinski definition) is 5. The van der Waals surface area contributed by atoms with E-state index < -0.39 is 5.91 Å². The third kappa shape index (κ3) is 5.70. The van der Waals surface area contributed by atoms with Gasteiger partial charge in [-0.25, -0.2) is 0 Å². The van der Waals surface area contributed by atoms with Gasteiger partial charge in [0.2, 0.25) is 0 Å². The molecule has 0 aliphatic rings. The van der Waals surface area contributed by atoms with Gasteiger partial charge in [-0.05, 0) is 49.2 Å². The second kappa shape index (κ2) is 9.31. The van der Waals surface area contributed by atoms with Crippen molar-refractivity contribution >= 4 is 17.5 Å². The van der Waals surface area contributed by atoms with E-state index in [4.69, 9.17) is 9.47 Å². The number of rotatable bonds is 7. The highest BCUT2D eigenvalue weighted by atomic mass is 16.5. The van der Waals surface area contributed by atoms with Crippen LogP contribution in [0.2, 0.25) is 0 Å². The van der Waals surface area contributed by atoms with Gasteiger partial charge in [-0.2, -0.15) is 0 Å². The maximum atomic E-state index is 11.8. The molecular formula is C19H23N3O4. The molecule has 0 aliphatic heterocycles. The van der Waals surface area contributed by atoms with E-state index in [-0.39, 0.29) is 19.1 Å². The number of aryl methyl sites for hydroxylation is 2. The number of carbonyl (C=O) groups is 2. The Morgan fingerprint density at radius 1 is 0.923 bits per heavy atom. The summed E-state index contributed by atoms with van der Waals surface area (Å²) in [5.41, 5.74) is 7.33. The van der Waals surface area contributed by atoms with Crippen molar-refractivity contribution in [1.82, 2.24) is 10.9 Å². The van der Waals surface area contributed by atoms with Crippen molar-refractivity contribution in [2.75, 3.05) is 25.6 Å². The molecule has 0 bridgehead atoms. The Bertz CT molecular complexity index is 740. The van der Waals surface area contributed by atoms with Crippen molar-refractivity contribution < 1.29 is 19.1 Å². The van der Waals surface area contributed by atoms with Gasteiger partial charge in [0.1, 0.15) is 11.5 Å². The van der Waals surface area contributed by atoms with Crippen molar-refractivity contribution in [3.8, 4) is 11.5 Å². The summed E-state index contributed by atoms with van der Waals surface area (Å²) in [7, 11) is 1.59. The van der Waals surface area contributed by atoms with E-state index in [9.17, 15) is 9.59 Å². The van der Waals surface area contributed by atoms with E-state index in [0.717, 1.165) is 22.6 Å². The van der Waals surface area contributed by atoms with Gasteiger partial charge in [0.15, 0.2) is 6.61 Å². The highest BCUT2D eigenvalue weighted by Crippen LogP contribution is 2.21. The Labute approximate surface area is 152 Å². The number of nitrogens with one attached hydrogen (secondary N) is 3. The van der Waals surface area contributed by atoms with Crippen LogP contribution in [0.25, 0.3) is 0 Å². The molecular weight excluding hydrogens is 334 g/mol. The number of amides is 2. The van der Waals surface area contributed by atoms with Crippen LogP contribution in [0, 0.1) is 13.8 Å². The number of methoxy groups -OCH3 is 1. The second-order valence-electron chi connectivity index (χ2n) is 5.69. The number of ether oxygens (including phenoxy) is 2. The van der Waals surface area contributed by atoms with Crippen LogP contribution in [0.4, 0.5) is 5.69 Å². The summed E-state index contributed by atoms with van der Waals surface area (Å²) in [5.74, 6) is 0.595. The Morgan fingerprint density at radius 3 is 2.15 bits per heavy atom. The third-order valence-corrected chi connectivity index (χ3v) is 3.64. The molecule has 0 unspecified atom stereocenters. The smallest absolute Gasteiger partial charge is 0.276 e. The van der Waals surface area contributed by atoms with Gasteiger partial charge in [-0.1, -0.05) is 18.2 Å². The highest BCUT2D eigenvalue weighted by molar-refractivity contribution is 5.85. The van der Waals surface area contributed by atoms with Crippen LogP contribution < -0.4 is 25.6 Å². The zero-order valence-electron chi connectivity index (χ0n) is 15.1.